The summed E-state index contributed by atoms with van der Waals surface area (Å²) in [4.78, 5) is 4.67. The Balaban J connectivity index is 2.06. The molecule has 1 aromatic carbocycles. The molecule has 5 heteroatoms. The molecule has 0 aliphatic carbocycles. The molecule has 1 aromatic heterocycles. The van der Waals surface area contributed by atoms with Gasteiger partial charge in [-0.2, -0.15) is 0 Å². The normalized spacial score (nSPS) is 22.8. The molecule has 0 amide bonds. The Morgan fingerprint density at radius 2 is 2.30 bits per heavy atom. The number of benzene rings is 1. The maximum Gasteiger partial charge on any atom is 0.111 e. The van der Waals surface area contributed by atoms with E-state index in [0.717, 1.165) is 49.3 Å². The van der Waals surface area contributed by atoms with Crippen LogP contribution in [0.25, 0.3) is 11.0 Å². The van der Waals surface area contributed by atoms with Crippen LogP contribution in [-0.4, -0.2) is 27.6 Å². The Morgan fingerprint density at radius 1 is 1.45 bits per heavy atom. The summed E-state index contributed by atoms with van der Waals surface area (Å²) in [7, 11) is 0. The Hall–Kier alpha value is -0.770. The third-order valence-corrected chi connectivity index (χ3v) is 4.41. The fourth-order valence-corrected chi connectivity index (χ4v) is 3.29. The van der Waals surface area contributed by atoms with Crippen molar-refractivity contribution >= 4 is 34.2 Å². The van der Waals surface area contributed by atoms with Crippen LogP contribution in [0.4, 0.5) is 0 Å². The molecule has 3 nitrogen and oxygen atoms in total. The van der Waals surface area contributed by atoms with Gasteiger partial charge in [0, 0.05) is 18.9 Å². The Morgan fingerprint density at radius 3 is 3.00 bits per heavy atom. The summed E-state index contributed by atoms with van der Waals surface area (Å²) in [6.07, 6.45) is 2.94. The fourth-order valence-electron chi connectivity index (χ4n) is 2.91. The summed E-state index contributed by atoms with van der Waals surface area (Å²) in [5, 5.41) is 0.689. The molecule has 0 radical (unpaired) electrons. The Kier molecular flexibility index (Phi) is 3.93. The number of halogens is 2. The number of fused-ring (bicyclic) bond motifs is 1. The van der Waals surface area contributed by atoms with Crippen molar-refractivity contribution in [3.8, 4) is 0 Å². The van der Waals surface area contributed by atoms with Gasteiger partial charge in [0.1, 0.15) is 11.3 Å². The first-order chi connectivity index (χ1) is 9.63. The van der Waals surface area contributed by atoms with Gasteiger partial charge >= 0.3 is 0 Å². The zero-order valence-electron chi connectivity index (χ0n) is 11.5. The number of imidazole rings is 1. The number of rotatable bonds is 4. The van der Waals surface area contributed by atoms with Gasteiger partial charge in [-0.1, -0.05) is 17.7 Å². The smallest absolute Gasteiger partial charge is 0.111 e. The summed E-state index contributed by atoms with van der Waals surface area (Å²) in [6, 6.07) is 5.90. The second-order valence-corrected chi connectivity index (χ2v) is 6.35. The van der Waals surface area contributed by atoms with Crippen LogP contribution in [0.2, 0.25) is 5.02 Å². The fraction of sp³-hybridized carbons (Fsp3) is 0.533. The van der Waals surface area contributed by atoms with E-state index in [1.54, 1.807) is 0 Å². The second-order valence-electron chi connectivity index (χ2n) is 5.56. The first-order valence-electron chi connectivity index (χ1n) is 6.96. The maximum absolute atomic E-state index is 6.25. The van der Waals surface area contributed by atoms with Gasteiger partial charge in [-0.15, -0.1) is 11.6 Å². The predicted octanol–water partition coefficient (Wildman–Crippen LogP) is 4.04. The number of hydrogen-bond donors (Lipinski definition) is 0. The minimum atomic E-state index is -0.114. The van der Waals surface area contributed by atoms with Crippen molar-refractivity contribution in [1.29, 1.82) is 0 Å². The average Bonchev–Trinajstić information content (AvgIpc) is 2.98. The number of alkyl halides is 1. The number of ether oxygens (including phenoxy) is 1. The number of nitrogens with zero attached hydrogens (tertiary/aromatic N) is 2. The van der Waals surface area contributed by atoms with Gasteiger partial charge in [-0.25, -0.2) is 4.98 Å². The van der Waals surface area contributed by atoms with Crippen LogP contribution < -0.4 is 0 Å². The third-order valence-electron chi connectivity index (χ3n) is 3.92. The van der Waals surface area contributed by atoms with Crippen molar-refractivity contribution in [2.75, 3.05) is 12.5 Å². The molecule has 0 spiro atoms. The van der Waals surface area contributed by atoms with Crippen molar-refractivity contribution in [1.82, 2.24) is 9.55 Å². The number of para-hydroxylation sites is 1. The van der Waals surface area contributed by atoms with Gasteiger partial charge in [0.25, 0.3) is 0 Å². The van der Waals surface area contributed by atoms with Gasteiger partial charge < -0.3 is 9.30 Å². The lowest BCUT2D eigenvalue weighted by Crippen LogP contribution is -2.30. The van der Waals surface area contributed by atoms with Crippen molar-refractivity contribution in [2.24, 2.45) is 0 Å². The van der Waals surface area contributed by atoms with E-state index in [-0.39, 0.29) is 5.60 Å². The molecule has 20 heavy (non-hydrogen) atoms. The highest BCUT2D eigenvalue weighted by Gasteiger charge is 2.31. The topological polar surface area (TPSA) is 27.1 Å². The highest BCUT2D eigenvalue weighted by molar-refractivity contribution is 6.34. The first kappa shape index (κ1) is 14.2. The average molecular weight is 313 g/mol. The monoisotopic (exact) mass is 312 g/mol. The third kappa shape index (κ3) is 2.54. The van der Waals surface area contributed by atoms with Gasteiger partial charge in [0.05, 0.1) is 22.7 Å². The summed E-state index contributed by atoms with van der Waals surface area (Å²) in [6.45, 7) is 3.81. The van der Waals surface area contributed by atoms with Crippen LogP contribution in [0.15, 0.2) is 18.2 Å². The highest BCUT2D eigenvalue weighted by atomic mass is 35.5. The van der Waals surface area contributed by atoms with Gasteiger partial charge in [-0.3, -0.25) is 0 Å². The maximum atomic E-state index is 6.25. The standard InChI is InChI=1S/C15H18Cl2N2O/c1-15(7-3-9-20-15)10-19-12-5-2-4-11(17)14(12)18-13(19)6-8-16/h2,4-5H,3,6-10H2,1H3. The molecule has 1 aliphatic heterocycles. The molecule has 3 rings (SSSR count). The van der Waals surface area contributed by atoms with Crippen LogP contribution in [0.3, 0.4) is 0 Å². The molecule has 2 aromatic rings. The molecule has 1 atom stereocenters. The second kappa shape index (κ2) is 5.55. The minimum absolute atomic E-state index is 0.114. The zero-order chi connectivity index (χ0) is 14.2. The SMILES string of the molecule is CC1(Cn2c(CCCl)nc3c(Cl)cccc32)CCCO1. The molecule has 0 saturated carbocycles. The van der Waals surface area contributed by atoms with E-state index in [4.69, 9.17) is 27.9 Å². The van der Waals surface area contributed by atoms with E-state index in [1.165, 1.54) is 0 Å². The molecular weight excluding hydrogens is 295 g/mol. The van der Waals surface area contributed by atoms with Crippen molar-refractivity contribution in [3.05, 3.63) is 29.0 Å². The molecule has 1 saturated heterocycles. The summed E-state index contributed by atoms with van der Waals surface area (Å²) in [5.41, 5.74) is 1.81. The molecule has 1 unspecified atom stereocenters. The predicted molar refractivity (Wildman–Crippen MR) is 82.8 cm³/mol. The highest BCUT2D eigenvalue weighted by Crippen LogP contribution is 2.31. The molecule has 0 N–H and O–H groups in total. The van der Waals surface area contributed by atoms with Gasteiger partial charge in [0.2, 0.25) is 0 Å². The Bertz CT molecular complexity index is 618. The van der Waals surface area contributed by atoms with Crippen molar-refractivity contribution in [2.45, 2.75) is 38.3 Å². The molecule has 0 bridgehead atoms. The van der Waals surface area contributed by atoms with Crippen LogP contribution in [-0.2, 0) is 17.7 Å². The molecule has 1 aliphatic rings. The summed E-state index contributed by atoms with van der Waals surface area (Å²) < 4.78 is 8.13. The van der Waals surface area contributed by atoms with Gasteiger partial charge in [-0.05, 0) is 31.9 Å². The lowest BCUT2D eigenvalue weighted by molar-refractivity contribution is 0.00653. The lowest BCUT2D eigenvalue weighted by Gasteiger charge is -2.25. The van der Waals surface area contributed by atoms with E-state index >= 15 is 0 Å². The number of aromatic nitrogens is 2. The quantitative estimate of drug-likeness (QED) is 0.797. The van der Waals surface area contributed by atoms with Crippen LogP contribution in [0, 0.1) is 0 Å². The Labute approximate surface area is 128 Å². The minimum Gasteiger partial charge on any atom is -0.373 e. The van der Waals surface area contributed by atoms with E-state index in [0.29, 0.717) is 10.9 Å². The summed E-state index contributed by atoms with van der Waals surface area (Å²) >= 11 is 12.2. The number of hydrogen-bond acceptors (Lipinski definition) is 2. The molecular formula is C15H18Cl2N2O. The lowest BCUT2D eigenvalue weighted by atomic mass is 10.0. The van der Waals surface area contributed by atoms with Crippen LogP contribution >= 0.6 is 23.2 Å². The molecule has 108 valence electrons. The van der Waals surface area contributed by atoms with Crippen molar-refractivity contribution < 1.29 is 4.74 Å². The zero-order valence-corrected chi connectivity index (χ0v) is 13.0. The van der Waals surface area contributed by atoms with Crippen LogP contribution in [0.5, 0.6) is 0 Å². The molecule has 2 heterocycles. The number of aryl methyl sites for hydroxylation is 1. The van der Waals surface area contributed by atoms with E-state index in [1.807, 2.05) is 12.1 Å². The van der Waals surface area contributed by atoms with E-state index < -0.39 is 0 Å². The van der Waals surface area contributed by atoms with E-state index in [9.17, 15) is 0 Å². The largest absolute Gasteiger partial charge is 0.373 e. The van der Waals surface area contributed by atoms with E-state index in [2.05, 4.69) is 22.5 Å². The van der Waals surface area contributed by atoms with Gasteiger partial charge in [0.15, 0.2) is 0 Å². The van der Waals surface area contributed by atoms with Crippen molar-refractivity contribution in [3.63, 3.8) is 0 Å². The summed E-state index contributed by atoms with van der Waals surface area (Å²) in [5.74, 6) is 1.54. The first-order valence-corrected chi connectivity index (χ1v) is 7.88. The van der Waals surface area contributed by atoms with Crippen LogP contribution in [0.1, 0.15) is 25.6 Å². The molecule has 1 fully saturated rings.